The molecule has 0 aliphatic heterocycles. The lowest BCUT2D eigenvalue weighted by atomic mass is 9.49. The summed E-state index contributed by atoms with van der Waals surface area (Å²) in [6.07, 6.45) is -28.1. The molecule has 2 aliphatic carbocycles. The van der Waals surface area contributed by atoms with Crippen LogP contribution in [0.2, 0.25) is 0 Å². The van der Waals surface area contributed by atoms with E-state index in [-0.39, 0.29) is 0 Å². The summed E-state index contributed by atoms with van der Waals surface area (Å²) in [5.41, 5.74) is -19.0. The van der Waals surface area contributed by atoms with Crippen LogP contribution in [0.15, 0.2) is 0 Å². The Morgan fingerprint density at radius 2 is 0.590 bits per heavy atom. The van der Waals surface area contributed by atoms with Gasteiger partial charge in [-0.15, -0.1) is 0 Å². The molecule has 0 heterocycles. The van der Waals surface area contributed by atoms with Gasteiger partial charge in [0.25, 0.3) is 11.6 Å². The molecule has 0 saturated heterocycles. The van der Waals surface area contributed by atoms with Gasteiger partial charge in [0.05, 0.1) is 12.8 Å². The van der Waals surface area contributed by atoms with Crippen LogP contribution in [0, 0.1) is 5.41 Å². The normalized spacial score (nSPS) is 41.2. The first-order valence-electron chi connectivity index (χ1n) is 9.15. The Labute approximate surface area is 198 Å². The molecule has 0 aromatic rings. The van der Waals surface area contributed by atoms with Crippen molar-refractivity contribution in [1.29, 1.82) is 0 Å². The first-order chi connectivity index (χ1) is 16.4. The Hall–Kier alpha value is -1.62. The molecule has 2 aliphatic rings. The van der Waals surface area contributed by atoms with Gasteiger partial charge in [-0.05, 0) is 0 Å². The fourth-order valence-corrected chi connectivity index (χ4v) is 4.67. The molecule has 0 radical (unpaired) electrons. The van der Waals surface area contributed by atoms with Crippen molar-refractivity contribution in [3.63, 3.8) is 0 Å². The Morgan fingerprint density at radius 1 is 0.385 bits per heavy atom. The van der Waals surface area contributed by atoms with Gasteiger partial charge in [-0.25, -0.2) is 17.6 Å². The van der Waals surface area contributed by atoms with Crippen molar-refractivity contribution in [3.8, 4) is 0 Å². The van der Waals surface area contributed by atoms with Crippen LogP contribution in [0.1, 0.15) is 12.8 Å². The molecular weight excluding hydrogens is 626 g/mol. The zero-order valence-corrected chi connectivity index (χ0v) is 17.4. The minimum absolute atomic E-state index is 3.46. The second-order valence-electron chi connectivity index (χ2n) is 8.83. The summed E-state index contributed by atoms with van der Waals surface area (Å²) in [6, 6.07) is 0. The minimum Gasteiger partial charge on any atom is -0.288 e. The monoisotopic (exact) mass is 634 g/mol. The number of halogens is 22. The molecule has 4 unspecified atom stereocenters. The standard InChI is InChI=1S/C15H8F22N2/c16-3(1-5(18,19)10(26,27)12(30,38)8(3,22)23)7(14(32,33)34,15(35,36)37)4(17)2-6(20,21)11(28,29)13(31,39)9(4,24)25/h1-2,38-39H2. The van der Waals surface area contributed by atoms with Crippen molar-refractivity contribution in [2.24, 2.45) is 16.9 Å². The highest BCUT2D eigenvalue weighted by atomic mass is 19.4. The molecule has 0 aromatic heterocycles. The summed E-state index contributed by atoms with van der Waals surface area (Å²) in [5, 5.41) is 0. The molecule has 0 amide bonds. The minimum atomic E-state index is -9.08. The molecule has 4 atom stereocenters. The highest BCUT2D eigenvalue weighted by molar-refractivity contribution is 5.36. The summed E-state index contributed by atoms with van der Waals surface area (Å²) in [4.78, 5) is 0. The predicted octanol–water partition coefficient (Wildman–Crippen LogP) is 6.38. The fourth-order valence-electron chi connectivity index (χ4n) is 4.67. The number of hydrogen-bond acceptors (Lipinski definition) is 2. The van der Waals surface area contributed by atoms with E-state index >= 15 is 8.78 Å². The highest BCUT2D eigenvalue weighted by Crippen LogP contribution is 2.79. The van der Waals surface area contributed by atoms with Crippen molar-refractivity contribution in [2.45, 2.75) is 83.7 Å². The van der Waals surface area contributed by atoms with Gasteiger partial charge in [-0.1, -0.05) is 0 Å². The maximum atomic E-state index is 15.6. The van der Waals surface area contributed by atoms with Gasteiger partial charge in [0.2, 0.25) is 16.8 Å². The van der Waals surface area contributed by atoms with E-state index in [1.165, 1.54) is 0 Å². The zero-order chi connectivity index (χ0) is 31.9. The average molecular weight is 634 g/mol. The van der Waals surface area contributed by atoms with E-state index in [0.717, 1.165) is 0 Å². The number of hydrogen-bond donors (Lipinski definition) is 2. The van der Waals surface area contributed by atoms with Gasteiger partial charge >= 0.3 is 47.9 Å². The summed E-state index contributed by atoms with van der Waals surface area (Å²) < 4.78 is 312. The second kappa shape index (κ2) is 7.41. The van der Waals surface area contributed by atoms with E-state index in [4.69, 9.17) is 0 Å². The van der Waals surface area contributed by atoms with E-state index < -0.39 is 89.1 Å². The SMILES string of the molecule is NC1(F)C(F)(F)C(F)(F)CC(F)(C(C(F)(F)F)(C(F)(F)F)C2(F)CC(F)(F)C(F)(F)C(N)(F)C2(F)F)C1(F)F. The van der Waals surface area contributed by atoms with E-state index in [0.29, 0.717) is 0 Å². The third kappa shape index (κ3) is 3.07. The van der Waals surface area contributed by atoms with E-state index in [1.807, 2.05) is 0 Å². The number of alkyl halides is 22. The molecule has 39 heavy (non-hydrogen) atoms. The van der Waals surface area contributed by atoms with Crippen LogP contribution in [-0.2, 0) is 0 Å². The summed E-state index contributed by atoms with van der Waals surface area (Å²) in [7, 11) is 0. The van der Waals surface area contributed by atoms with Crippen LogP contribution >= 0.6 is 0 Å². The molecule has 2 nitrogen and oxygen atoms in total. The Balaban J connectivity index is 3.36. The Bertz CT molecular complexity index is 926. The van der Waals surface area contributed by atoms with Crippen molar-refractivity contribution in [2.75, 3.05) is 0 Å². The first kappa shape index (κ1) is 33.6. The Kier molecular flexibility index (Phi) is 6.38. The van der Waals surface area contributed by atoms with E-state index in [9.17, 15) is 87.8 Å². The largest absolute Gasteiger partial charge is 0.410 e. The molecule has 4 N–H and O–H groups in total. The van der Waals surface area contributed by atoms with Crippen molar-refractivity contribution in [1.82, 2.24) is 0 Å². The van der Waals surface area contributed by atoms with Gasteiger partial charge in [-0.2, -0.15) is 79.0 Å². The molecule has 0 aromatic carbocycles. The smallest absolute Gasteiger partial charge is 0.288 e. The fraction of sp³-hybridized carbons (Fsp3) is 1.00. The lowest BCUT2D eigenvalue weighted by Crippen LogP contribution is -2.92. The van der Waals surface area contributed by atoms with Crippen LogP contribution in [0.25, 0.3) is 0 Å². The topological polar surface area (TPSA) is 52.0 Å². The van der Waals surface area contributed by atoms with Crippen LogP contribution < -0.4 is 11.5 Å². The second-order valence-corrected chi connectivity index (χ2v) is 8.83. The number of nitrogens with two attached hydrogens (primary N) is 2. The third-order valence-electron chi connectivity index (χ3n) is 6.71. The summed E-state index contributed by atoms with van der Waals surface area (Å²) in [6.45, 7) is 0. The molecule has 0 spiro atoms. The van der Waals surface area contributed by atoms with Crippen molar-refractivity contribution in [3.05, 3.63) is 0 Å². The molecule has 2 fully saturated rings. The van der Waals surface area contributed by atoms with Gasteiger partial charge in [0.15, 0.2) is 0 Å². The molecule has 0 bridgehead atoms. The lowest BCUT2D eigenvalue weighted by Gasteiger charge is -2.63. The number of rotatable bonds is 2. The molecule has 2 rings (SSSR count). The maximum Gasteiger partial charge on any atom is 0.410 e. The van der Waals surface area contributed by atoms with Crippen LogP contribution in [0.4, 0.5) is 96.6 Å². The summed E-state index contributed by atoms with van der Waals surface area (Å²) in [5.74, 6) is -61.2. The quantitative estimate of drug-likeness (QED) is 0.274. The van der Waals surface area contributed by atoms with Crippen LogP contribution in [-0.4, -0.2) is 70.8 Å². The van der Waals surface area contributed by atoms with Crippen molar-refractivity contribution >= 4 is 0 Å². The van der Waals surface area contributed by atoms with Gasteiger partial charge in [0.1, 0.15) is 0 Å². The average Bonchev–Trinajstić information content (AvgIpc) is 2.62. The van der Waals surface area contributed by atoms with E-state index in [1.54, 1.807) is 0 Å². The van der Waals surface area contributed by atoms with Crippen LogP contribution in [0.3, 0.4) is 0 Å². The van der Waals surface area contributed by atoms with E-state index in [2.05, 4.69) is 11.5 Å². The zero-order valence-electron chi connectivity index (χ0n) is 17.4. The van der Waals surface area contributed by atoms with Gasteiger partial charge < -0.3 is 0 Å². The Morgan fingerprint density at radius 3 is 0.769 bits per heavy atom. The lowest BCUT2D eigenvalue weighted by molar-refractivity contribution is -0.511. The maximum absolute atomic E-state index is 15.6. The first-order valence-corrected chi connectivity index (χ1v) is 9.15. The predicted molar refractivity (Wildman–Crippen MR) is 77.2 cm³/mol. The summed E-state index contributed by atoms with van der Waals surface area (Å²) >= 11 is 0. The highest BCUT2D eigenvalue weighted by Gasteiger charge is 3.06. The molecular formula is C15H8F22N2. The molecule has 24 heteroatoms. The van der Waals surface area contributed by atoms with Gasteiger partial charge in [0, 0.05) is 0 Å². The van der Waals surface area contributed by atoms with Crippen LogP contribution in [0.5, 0.6) is 0 Å². The molecule has 232 valence electrons. The third-order valence-corrected chi connectivity index (χ3v) is 6.71. The van der Waals surface area contributed by atoms with Crippen molar-refractivity contribution < 1.29 is 96.6 Å². The van der Waals surface area contributed by atoms with Gasteiger partial charge in [-0.3, -0.25) is 11.5 Å². The molecule has 2 saturated carbocycles.